The summed E-state index contributed by atoms with van der Waals surface area (Å²) < 4.78 is 0. The molecule has 0 radical (unpaired) electrons. The highest BCUT2D eigenvalue weighted by atomic mass is 15.0. The standard InChI is InChI=1S/C19H24N2/c1-15(2)19(14-20,12-13-21(3)4)18-11-7-9-16-8-5-6-10-17(16)18/h5-11,15H,12-13H2,1-4H3/t19-/m0/s1. The van der Waals surface area contributed by atoms with Gasteiger partial charge in [-0.05, 0) is 49.3 Å². The third-order valence-electron chi connectivity index (χ3n) is 4.41. The van der Waals surface area contributed by atoms with Gasteiger partial charge in [-0.15, -0.1) is 0 Å². The molecule has 0 amide bonds. The zero-order valence-electron chi connectivity index (χ0n) is 13.4. The molecule has 1 atom stereocenters. The minimum atomic E-state index is -0.439. The highest BCUT2D eigenvalue weighted by Crippen LogP contribution is 2.39. The lowest BCUT2D eigenvalue weighted by Gasteiger charge is -2.33. The molecule has 2 aromatic carbocycles. The van der Waals surface area contributed by atoms with E-state index in [2.05, 4.69) is 81.4 Å². The van der Waals surface area contributed by atoms with Gasteiger partial charge in [-0.3, -0.25) is 0 Å². The first-order valence-electron chi connectivity index (χ1n) is 7.55. The normalized spacial score (nSPS) is 14.3. The largest absolute Gasteiger partial charge is 0.309 e. The van der Waals surface area contributed by atoms with Gasteiger partial charge >= 0.3 is 0 Å². The van der Waals surface area contributed by atoms with Gasteiger partial charge in [0.25, 0.3) is 0 Å². The molecule has 0 fully saturated rings. The smallest absolute Gasteiger partial charge is 0.0863 e. The molecule has 2 rings (SSSR count). The van der Waals surface area contributed by atoms with Gasteiger partial charge in [-0.25, -0.2) is 0 Å². The van der Waals surface area contributed by atoms with Crippen molar-refractivity contribution in [3.8, 4) is 6.07 Å². The summed E-state index contributed by atoms with van der Waals surface area (Å²) in [5.41, 5.74) is 0.727. The molecule has 0 N–H and O–H groups in total. The van der Waals surface area contributed by atoms with Gasteiger partial charge in [0.1, 0.15) is 0 Å². The number of hydrogen-bond acceptors (Lipinski definition) is 2. The summed E-state index contributed by atoms with van der Waals surface area (Å²) in [4.78, 5) is 2.15. The molecule has 0 aliphatic rings. The number of rotatable bonds is 5. The van der Waals surface area contributed by atoms with Gasteiger partial charge in [0.15, 0.2) is 0 Å². The van der Waals surface area contributed by atoms with Crippen LogP contribution in [0.3, 0.4) is 0 Å². The monoisotopic (exact) mass is 280 g/mol. The summed E-state index contributed by atoms with van der Waals surface area (Å²) in [6.45, 7) is 5.22. The van der Waals surface area contributed by atoms with Crippen molar-refractivity contribution in [1.29, 1.82) is 5.26 Å². The van der Waals surface area contributed by atoms with Gasteiger partial charge in [-0.2, -0.15) is 5.26 Å². The van der Waals surface area contributed by atoms with Gasteiger partial charge < -0.3 is 4.90 Å². The summed E-state index contributed by atoms with van der Waals surface area (Å²) in [6.07, 6.45) is 0.849. The highest BCUT2D eigenvalue weighted by Gasteiger charge is 2.36. The van der Waals surface area contributed by atoms with Crippen molar-refractivity contribution in [2.24, 2.45) is 5.92 Å². The predicted octanol–water partition coefficient (Wildman–Crippen LogP) is 4.21. The summed E-state index contributed by atoms with van der Waals surface area (Å²) in [6, 6.07) is 17.3. The van der Waals surface area contributed by atoms with Gasteiger partial charge in [0, 0.05) is 0 Å². The molecule has 2 nitrogen and oxygen atoms in total. The third-order valence-corrected chi connectivity index (χ3v) is 4.41. The molecule has 0 saturated heterocycles. The van der Waals surface area contributed by atoms with Crippen LogP contribution >= 0.6 is 0 Å². The number of fused-ring (bicyclic) bond motifs is 1. The van der Waals surface area contributed by atoms with E-state index in [1.807, 2.05) is 0 Å². The lowest BCUT2D eigenvalue weighted by molar-refractivity contribution is 0.304. The van der Waals surface area contributed by atoms with Crippen LogP contribution in [0.4, 0.5) is 0 Å². The van der Waals surface area contributed by atoms with Gasteiger partial charge in [-0.1, -0.05) is 56.3 Å². The number of hydrogen-bond donors (Lipinski definition) is 0. The van der Waals surface area contributed by atoms with Crippen LogP contribution in [0, 0.1) is 17.2 Å². The molecular weight excluding hydrogens is 256 g/mol. The molecule has 0 aliphatic carbocycles. The molecule has 0 bridgehead atoms. The summed E-state index contributed by atoms with van der Waals surface area (Å²) in [7, 11) is 4.12. The maximum Gasteiger partial charge on any atom is 0.0863 e. The Morgan fingerprint density at radius 3 is 2.38 bits per heavy atom. The third kappa shape index (κ3) is 2.94. The second-order valence-electron chi connectivity index (χ2n) is 6.32. The van der Waals surface area contributed by atoms with Crippen LogP contribution in [0.1, 0.15) is 25.8 Å². The second-order valence-corrected chi connectivity index (χ2v) is 6.32. The molecular formula is C19H24N2. The van der Waals surface area contributed by atoms with Crippen LogP contribution in [0.2, 0.25) is 0 Å². The molecule has 0 heterocycles. The van der Waals surface area contributed by atoms with E-state index in [1.165, 1.54) is 16.3 Å². The van der Waals surface area contributed by atoms with Gasteiger partial charge in [0.05, 0.1) is 11.5 Å². The van der Waals surface area contributed by atoms with E-state index in [4.69, 9.17) is 0 Å². The van der Waals surface area contributed by atoms with Gasteiger partial charge in [0.2, 0.25) is 0 Å². The summed E-state index contributed by atoms with van der Waals surface area (Å²) in [5.74, 6) is 0.272. The Bertz CT molecular complexity index is 647. The Hall–Kier alpha value is -1.85. The van der Waals surface area contributed by atoms with Crippen LogP contribution < -0.4 is 0 Å². The Balaban J connectivity index is 2.61. The molecule has 0 unspecified atom stereocenters. The van der Waals surface area contributed by atoms with E-state index in [9.17, 15) is 5.26 Å². The first-order chi connectivity index (χ1) is 10.0. The molecule has 21 heavy (non-hydrogen) atoms. The van der Waals surface area contributed by atoms with Crippen LogP contribution in [0.15, 0.2) is 42.5 Å². The van der Waals surface area contributed by atoms with E-state index < -0.39 is 5.41 Å². The quantitative estimate of drug-likeness (QED) is 0.820. The molecule has 0 aliphatic heterocycles. The highest BCUT2D eigenvalue weighted by molar-refractivity contribution is 5.87. The van der Waals surface area contributed by atoms with Crippen LogP contribution in [-0.4, -0.2) is 25.5 Å². The van der Waals surface area contributed by atoms with Crippen molar-refractivity contribution in [3.63, 3.8) is 0 Å². The molecule has 110 valence electrons. The fourth-order valence-corrected chi connectivity index (χ4v) is 2.99. The van der Waals surface area contributed by atoms with Crippen molar-refractivity contribution in [2.45, 2.75) is 25.7 Å². The van der Waals surface area contributed by atoms with Crippen LogP contribution in [-0.2, 0) is 5.41 Å². The number of nitriles is 1. The minimum absolute atomic E-state index is 0.272. The fraction of sp³-hybridized carbons (Fsp3) is 0.421. The Morgan fingerprint density at radius 1 is 1.10 bits per heavy atom. The average Bonchev–Trinajstić information content (AvgIpc) is 2.48. The van der Waals surface area contributed by atoms with Crippen molar-refractivity contribution in [3.05, 3.63) is 48.0 Å². The summed E-state index contributed by atoms with van der Waals surface area (Å²) >= 11 is 0. The minimum Gasteiger partial charge on any atom is -0.309 e. The number of benzene rings is 2. The van der Waals surface area contributed by atoms with E-state index in [-0.39, 0.29) is 5.92 Å². The molecule has 2 aromatic rings. The van der Waals surface area contributed by atoms with Crippen molar-refractivity contribution >= 4 is 10.8 Å². The van der Waals surface area contributed by atoms with E-state index in [0.717, 1.165) is 13.0 Å². The van der Waals surface area contributed by atoms with Crippen molar-refractivity contribution < 1.29 is 0 Å². The first-order valence-corrected chi connectivity index (χ1v) is 7.55. The summed E-state index contributed by atoms with van der Waals surface area (Å²) in [5, 5.41) is 12.4. The Labute approximate surface area is 128 Å². The Morgan fingerprint density at radius 2 is 1.76 bits per heavy atom. The molecule has 0 aromatic heterocycles. The number of nitrogens with zero attached hydrogens (tertiary/aromatic N) is 2. The molecule has 0 saturated carbocycles. The van der Waals surface area contributed by atoms with E-state index >= 15 is 0 Å². The maximum atomic E-state index is 10.0. The van der Waals surface area contributed by atoms with Crippen LogP contribution in [0.5, 0.6) is 0 Å². The Kier molecular flexibility index (Phi) is 4.65. The van der Waals surface area contributed by atoms with E-state index in [1.54, 1.807) is 0 Å². The lowest BCUT2D eigenvalue weighted by Crippen LogP contribution is -2.34. The van der Waals surface area contributed by atoms with E-state index in [0.29, 0.717) is 0 Å². The zero-order chi connectivity index (χ0) is 15.5. The average molecular weight is 280 g/mol. The fourth-order valence-electron chi connectivity index (χ4n) is 2.99. The lowest BCUT2D eigenvalue weighted by atomic mass is 9.69. The molecule has 2 heteroatoms. The van der Waals surface area contributed by atoms with Crippen molar-refractivity contribution in [1.82, 2.24) is 4.90 Å². The van der Waals surface area contributed by atoms with Crippen LogP contribution in [0.25, 0.3) is 10.8 Å². The SMILES string of the molecule is CC(C)[C@@](C#N)(CCN(C)C)c1cccc2ccccc12. The second kappa shape index (κ2) is 6.28. The first kappa shape index (κ1) is 15.5. The topological polar surface area (TPSA) is 27.0 Å². The molecule has 0 spiro atoms. The predicted molar refractivity (Wildman–Crippen MR) is 89.2 cm³/mol. The van der Waals surface area contributed by atoms with Crippen molar-refractivity contribution in [2.75, 3.05) is 20.6 Å². The zero-order valence-corrected chi connectivity index (χ0v) is 13.4. The maximum absolute atomic E-state index is 10.0.